The second kappa shape index (κ2) is 8.23. The van der Waals surface area contributed by atoms with E-state index in [0.717, 1.165) is 9.87 Å². The van der Waals surface area contributed by atoms with Crippen LogP contribution in [0.5, 0.6) is 0 Å². The summed E-state index contributed by atoms with van der Waals surface area (Å²) in [7, 11) is 0.914. The first-order valence-corrected chi connectivity index (χ1v) is 8.12. The number of amides is 1. The number of rotatable bonds is 8. The maximum Gasteiger partial charge on any atom is 0.250 e. The molecule has 1 rings (SSSR count). The summed E-state index contributed by atoms with van der Waals surface area (Å²) in [5.41, 5.74) is 1.21. The third-order valence-electron chi connectivity index (χ3n) is 2.93. The Morgan fingerprint density at radius 1 is 1.27 bits per heavy atom. The van der Waals surface area contributed by atoms with E-state index in [1.807, 2.05) is 0 Å². The van der Waals surface area contributed by atoms with Crippen LogP contribution in [-0.4, -0.2) is 59.7 Å². The van der Waals surface area contributed by atoms with Crippen LogP contribution in [0.1, 0.15) is 5.56 Å². The van der Waals surface area contributed by atoms with E-state index in [4.69, 9.17) is 9.47 Å². The highest BCUT2D eigenvalue weighted by Gasteiger charge is 2.18. The Morgan fingerprint density at radius 3 is 2.55 bits per heavy atom. The molecule has 0 spiro atoms. The van der Waals surface area contributed by atoms with E-state index in [1.54, 1.807) is 20.1 Å². The van der Waals surface area contributed by atoms with Crippen molar-refractivity contribution in [2.24, 2.45) is 0 Å². The number of nitrogens with zero attached hydrogens (tertiary/aromatic N) is 1. The van der Waals surface area contributed by atoms with Crippen molar-refractivity contribution in [3.8, 4) is 0 Å². The number of ether oxygens (including phenoxy) is 2. The molecule has 1 aromatic rings. The van der Waals surface area contributed by atoms with Crippen LogP contribution in [0.4, 0.5) is 5.69 Å². The Kier molecular flexibility index (Phi) is 6.95. The summed E-state index contributed by atoms with van der Waals surface area (Å²) in [6.07, 6.45) is 0. The van der Waals surface area contributed by atoms with Crippen molar-refractivity contribution in [2.45, 2.75) is 11.8 Å². The third-order valence-corrected chi connectivity index (χ3v) is 4.74. The van der Waals surface area contributed by atoms with E-state index in [2.05, 4.69) is 5.32 Å². The predicted molar refractivity (Wildman–Crippen MR) is 83.4 cm³/mol. The molecule has 0 aliphatic carbocycles. The van der Waals surface area contributed by atoms with E-state index in [0.29, 0.717) is 18.9 Å². The van der Waals surface area contributed by atoms with Crippen LogP contribution in [0, 0.1) is 6.92 Å². The van der Waals surface area contributed by atoms with Crippen molar-refractivity contribution in [3.63, 3.8) is 0 Å². The van der Waals surface area contributed by atoms with Crippen LogP contribution in [0.2, 0.25) is 0 Å². The molecule has 1 amide bonds. The van der Waals surface area contributed by atoms with Crippen molar-refractivity contribution in [1.82, 2.24) is 4.31 Å². The molecule has 0 aliphatic heterocycles. The Hall–Kier alpha value is -1.48. The lowest BCUT2D eigenvalue weighted by atomic mass is 10.2. The number of nitrogens with one attached hydrogen (secondary N) is 1. The second-order valence-electron chi connectivity index (χ2n) is 4.86. The molecule has 0 atom stereocenters. The fourth-order valence-corrected chi connectivity index (χ4v) is 2.53. The fourth-order valence-electron chi connectivity index (χ4n) is 1.60. The van der Waals surface area contributed by atoms with E-state index < -0.39 is 10.0 Å². The van der Waals surface area contributed by atoms with Gasteiger partial charge in [-0.25, -0.2) is 12.7 Å². The molecule has 7 nitrogen and oxygen atoms in total. The number of benzene rings is 1. The van der Waals surface area contributed by atoms with Crippen molar-refractivity contribution >= 4 is 21.6 Å². The first-order valence-electron chi connectivity index (χ1n) is 6.68. The monoisotopic (exact) mass is 330 g/mol. The molecule has 0 radical (unpaired) electrons. The lowest BCUT2D eigenvalue weighted by molar-refractivity contribution is -0.121. The summed E-state index contributed by atoms with van der Waals surface area (Å²) in [6, 6.07) is 4.60. The first-order chi connectivity index (χ1) is 10.3. The number of carbonyl (C=O) groups is 1. The van der Waals surface area contributed by atoms with Gasteiger partial charge in [-0.2, -0.15) is 0 Å². The average Bonchev–Trinajstić information content (AvgIpc) is 2.45. The van der Waals surface area contributed by atoms with Crippen molar-refractivity contribution in [3.05, 3.63) is 23.8 Å². The standard InChI is InChI=1S/C14H22N2O5S/c1-11-5-6-12(22(18,19)16(2)3)9-13(11)15-14(17)10-21-8-7-20-4/h5-6,9H,7-8,10H2,1-4H3,(H,15,17). The third kappa shape index (κ3) is 5.06. The van der Waals surface area contributed by atoms with Crippen LogP contribution in [0.25, 0.3) is 0 Å². The van der Waals surface area contributed by atoms with Crippen LogP contribution in [0.15, 0.2) is 23.1 Å². The first kappa shape index (κ1) is 18.6. The normalized spacial score (nSPS) is 11.7. The predicted octanol–water partition coefficient (Wildman–Crippen LogP) is 0.847. The summed E-state index contributed by atoms with van der Waals surface area (Å²) in [5.74, 6) is -0.349. The maximum atomic E-state index is 12.1. The maximum absolute atomic E-state index is 12.1. The van der Waals surface area contributed by atoms with E-state index in [1.165, 1.54) is 26.2 Å². The highest BCUT2D eigenvalue weighted by molar-refractivity contribution is 7.89. The zero-order valence-electron chi connectivity index (χ0n) is 13.3. The molecule has 0 bridgehead atoms. The molecule has 124 valence electrons. The molecule has 0 aliphatic rings. The van der Waals surface area contributed by atoms with Gasteiger partial charge in [-0.1, -0.05) is 6.07 Å². The topological polar surface area (TPSA) is 84.9 Å². The van der Waals surface area contributed by atoms with Gasteiger partial charge in [-0.15, -0.1) is 0 Å². The molecule has 1 aromatic carbocycles. The van der Waals surface area contributed by atoms with Gasteiger partial charge in [0.2, 0.25) is 15.9 Å². The summed E-state index contributed by atoms with van der Waals surface area (Å²) in [4.78, 5) is 11.9. The van der Waals surface area contributed by atoms with Gasteiger partial charge in [0.05, 0.1) is 18.1 Å². The smallest absolute Gasteiger partial charge is 0.250 e. The average molecular weight is 330 g/mol. The van der Waals surface area contributed by atoms with Crippen molar-refractivity contribution in [1.29, 1.82) is 0 Å². The van der Waals surface area contributed by atoms with Gasteiger partial charge in [0.15, 0.2) is 0 Å². The number of methoxy groups -OCH3 is 1. The van der Waals surface area contributed by atoms with E-state index in [-0.39, 0.29) is 17.4 Å². The number of anilines is 1. The van der Waals surface area contributed by atoms with Crippen LogP contribution in [0.3, 0.4) is 0 Å². The molecule has 0 fully saturated rings. The fraction of sp³-hybridized carbons (Fsp3) is 0.500. The summed E-state index contributed by atoms with van der Waals surface area (Å²) in [5, 5.41) is 2.65. The molecule has 22 heavy (non-hydrogen) atoms. The quantitative estimate of drug-likeness (QED) is 0.714. The number of sulfonamides is 1. The van der Waals surface area contributed by atoms with Gasteiger partial charge in [0.25, 0.3) is 0 Å². The number of carbonyl (C=O) groups excluding carboxylic acids is 1. The van der Waals surface area contributed by atoms with Crippen LogP contribution in [-0.2, 0) is 24.3 Å². The highest BCUT2D eigenvalue weighted by Crippen LogP contribution is 2.21. The van der Waals surface area contributed by atoms with E-state index >= 15 is 0 Å². The lowest BCUT2D eigenvalue weighted by Gasteiger charge is -2.14. The van der Waals surface area contributed by atoms with Crippen molar-refractivity contribution < 1.29 is 22.7 Å². The van der Waals surface area contributed by atoms with Gasteiger partial charge in [-0.05, 0) is 24.6 Å². The van der Waals surface area contributed by atoms with Crippen molar-refractivity contribution in [2.75, 3.05) is 46.3 Å². The van der Waals surface area contributed by atoms with Crippen LogP contribution >= 0.6 is 0 Å². The van der Waals surface area contributed by atoms with Gasteiger partial charge >= 0.3 is 0 Å². The number of aryl methyl sites for hydroxylation is 1. The molecule has 0 saturated carbocycles. The van der Waals surface area contributed by atoms with Gasteiger partial charge in [0, 0.05) is 26.9 Å². The molecule has 0 saturated heterocycles. The summed E-state index contributed by atoms with van der Waals surface area (Å²) >= 11 is 0. The zero-order valence-corrected chi connectivity index (χ0v) is 14.1. The minimum absolute atomic E-state index is 0.118. The van der Waals surface area contributed by atoms with Gasteiger partial charge in [-0.3, -0.25) is 4.79 Å². The Balaban J connectivity index is 2.81. The van der Waals surface area contributed by atoms with Crippen LogP contribution < -0.4 is 5.32 Å². The minimum atomic E-state index is -3.54. The van der Waals surface area contributed by atoms with Gasteiger partial charge in [0.1, 0.15) is 6.61 Å². The molecular formula is C14H22N2O5S. The lowest BCUT2D eigenvalue weighted by Crippen LogP contribution is -2.23. The molecule has 0 heterocycles. The molecular weight excluding hydrogens is 308 g/mol. The Bertz CT molecular complexity index is 614. The zero-order chi connectivity index (χ0) is 16.8. The molecule has 1 N–H and O–H groups in total. The largest absolute Gasteiger partial charge is 0.382 e. The highest BCUT2D eigenvalue weighted by atomic mass is 32.2. The summed E-state index contributed by atoms with van der Waals surface area (Å²) < 4.78 is 35.3. The molecule has 8 heteroatoms. The van der Waals surface area contributed by atoms with E-state index in [9.17, 15) is 13.2 Å². The minimum Gasteiger partial charge on any atom is -0.382 e. The molecule has 0 aromatic heterocycles. The number of hydrogen-bond donors (Lipinski definition) is 1. The number of hydrogen-bond acceptors (Lipinski definition) is 5. The van der Waals surface area contributed by atoms with Gasteiger partial charge < -0.3 is 14.8 Å². The SMILES string of the molecule is COCCOCC(=O)Nc1cc(S(=O)(=O)N(C)C)ccc1C. The summed E-state index contributed by atoms with van der Waals surface area (Å²) in [6.45, 7) is 2.39. The molecule has 0 unspecified atom stereocenters. The second-order valence-corrected chi connectivity index (χ2v) is 7.01. The Morgan fingerprint density at radius 2 is 1.95 bits per heavy atom. The Labute approximate surface area is 131 Å².